The summed E-state index contributed by atoms with van der Waals surface area (Å²) in [5.41, 5.74) is 5.65. The number of H-pyrrole nitrogens is 1. The first-order chi connectivity index (χ1) is 16.9. The van der Waals surface area contributed by atoms with Crippen LogP contribution >= 0.6 is 15.9 Å². The summed E-state index contributed by atoms with van der Waals surface area (Å²) < 4.78 is 12.0. The van der Waals surface area contributed by atoms with Gasteiger partial charge in [-0.15, -0.1) is 0 Å². The van der Waals surface area contributed by atoms with Gasteiger partial charge in [-0.1, -0.05) is 18.2 Å². The molecule has 7 nitrogen and oxygen atoms in total. The van der Waals surface area contributed by atoms with E-state index >= 15 is 0 Å². The number of aromatic amines is 1. The Hall–Kier alpha value is -4.09. The molecule has 0 atom stereocenters. The minimum absolute atomic E-state index is 0.187. The third kappa shape index (κ3) is 5.53. The van der Waals surface area contributed by atoms with E-state index in [-0.39, 0.29) is 12.5 Å². The Balaban J connectivity index is 1.48. The molecule has 0 saturated heterocycles. The number of amides is 1. The number of nitriles is 1. The fourth-order valence-electron chi connectivity index (χ4n) is 3.50. The lowest BCUT2D eigenvalue weighted by Crippen LogP contribution is -2.20. The molecular formula is C27H23BrN4O3. The number of hydrogen-bond acceptors (Lipinski definition) is 5. The lowest BCUT2D eigenvalue weighted by molar-refractivity contribution is -0.118. The first kappa shape index (κ1) is 24.0. The second-order valence-corrected chi connectivity index (χ2v) is 8.79. The van der Waals surface area contributed by atoms with Crippen molar-refractivity contribution in [1.82, 2.24) is 9.97 Å². The normalized spacial score (nSPS) is 11.2. The maximum absolute atomic E-state index is 12.5. The second-order valence-electron chi connectivity index (χ2n) is 7.94. The van der Waals surface area contributed by atoms with Crippen LogP contribution in [-0.2, 0) is 4.79 Å². The van der Waals surface area contributed by atoms with E-state index in [2.05, 4.69) is 37.3 Å². The van der Waals surface area contributed by atoms with Gasteiger partial charge < -0.3 is 19.8 Å². The number of rotatable bonds is 7. The Labute approximate surface area is 211 Å². The quantitative estimate of drug-likeness (QED) is 0.284. The van der Waals surface area contributed by atoms with E-state index in [4.69, 9.17) is 9.47 Å². The van der Waals surface area contributed by atoms with Crippen LogP contribution in [0.25, 0.3) is 22.7 Å². The van der Waals surface area contributed by atoms with Crippen LogP contribution in [0.4, 0.5) is 5.69 Å². The van der Waals surface area contributed by atoms with Crippen LogP contribution in [0.5, 0.6) is 11.5 Å². The Bertz CT molecular complexity index is 1450. The van der Waals surface area contributed by atoms with Crippen molar-refractivity contribution in [3.63, 3.8) is 0 Å². The predicted molar refractivity (Wildman–Crippen MR) is 140 cm³/mol. The summed E-state index contributed by atoms with van der Waals surface area (Å²) in [5, 5.41) is 12.5. The molecule has 1 heterocycles. The van der Waals surface area contributed by atoms with E-state index < -0.39 is 0 Å². The molecule has 0 bridgehead atoms. The van der Waals surface area contributed by atoms with E-state index in [0.717, 1.165) is 32.2 Å². The minimum Gasteiger partial charge on any atom is -0.493 e. The third-order valence-corrected chi connectivity index (χ3v) is 6.14. The Kier molecular flexibility index (Phi) is 7.18. The number of benzene rings is 3. The molecule has 4 aromatic rings. The zero-order chi connectivity index (χ0) is 24.9. The summed E-state index contributed by atoms with van der Waals surface area (Å²) in [6.07, 6.45) is 1.72. The molecule has 0 radical (unpaired) electrons. The summed E-state index contributed by atoms with van der Waals surface area (Å²) in [5.74, 6) is 1.06. The predicted octanol–water partition coefficient (Wildman–Crippen LogP) is 6.03. The number of fused-ring (bicyclic) bond motifs is 1. The Morgan fingerprint density at radius 2 is 1.91 bits per heavy atom. The van der Waals surface area contributed by atoms with Crippen LogP contribution in [0.2, 0.25) is 0 Å². The average molecular weight is 531 g/mol. The molecular weight excluding hydrogens is 508 g/mol. The number of carbonyl (C=O) groups excluding carboxylic acids is 1. The average Bonchev–Trinajstić information content (AvgIpc) is 3.29. The number of nitrogens with zero attached hydrogens (tertiary/aromatic N) is 2. The van der Waals surface area contributed by atoms with Crippen molar-refractivity contribution in [2.75, 3.05) is 19.0 Å². The number of aromatic nitrogens is 2. The van der Waals surface area contributed by atoms with Gasteiger partial charge in [-0.2, -0.15) is 5.26 Å². The van der Waals surface area contributed by atoms with Gasteiger partial charge in [-0.25, -0.2) is 4.98 Å². The van der Waals surface area contributed by atoms with Gasteiger partial charge in [-0.05, 0) is 88.9 Å². The van der Waals surface area contributed by atoms with E-state index in [1.165, 1.54) is 7.11 Å². The van der Waals surface area contributed by atoms with E-state index in [1.54, 1.807) is 24.3 Å². The number of imidazole rings is 1. The molecule has 35 heavy (non-hydrogen) atoms. The van der Waals surface area contributed by atoms with Gasteiger partial charge in [0.15, 0.2) is 18.1 Å². The number of para-hydroxylation sites is 2. The van der Waals surface area contributed by atoms with Crippen LogP contribution in [0.15, 0.2) is 59.1 Å². The number of carbonyl (C=O) groups is 1. The largest absolute Gasteiger partial charge is 0.493 e. The molecule has 3 aromatic carbocycles. The molecule has 2 N–H and O–H groups in total. The van der Waals surface area contributed by atoms with Crippen molar-refractivity contribution in [3.8, 4) is 17.6 Å². The van der Waals surface area contributed by atoms with Gasteiger partial charge in [0.1, 0.15) is 11.9 Å². The van der Waals surface area contributed by atoms with Crippen LogP contribution in [-0.4, -0.2) is 29.6 Å². The summed E-state index contributed by atoms with van der Waals surface area (Å²) in [7, 11) is 1.52. The molecule has 176 valence electrons. The van der Waals surface area contributed by atoms with Crippen molar-refractivity contribution in [2.24, 2.45) is 0 Å². The van der Waals surface area contributed by atoms with Gasteiger partial charge >= 0.3 is 0 Å². The van der Waals surface area contributed by atoms with Crippen molar-refractivity contribution in [3.05, 3.63) is 81.6 Å². The number of aryl methyl sites for hydroxylation is 2. The third-order valence-electron chi connectivity index (χ3n) is 5.48. The highest BCUT2D eigenvalue weighted by atomic mass is 79.9. The van der Waals surface area contributed by atoms with E-state index in [9.17, 15) is 10.1 Å². The van der Waals surface area contributed by atoms with Crippen molar-refractivity contribution < 1.29 is 14.3 Å². The highest BCUT2D eigenvalue weighted by molar-refractivity contribution is 9.10. The van der Waals surface area contributed by atoms with Gasteiger partial charge in [0.05, 0.1) is 29.4 Å². The number of methoxy groups -OCH3 is 1. The molecule has 1 amide bonds. The van der Waals surface area contributed by atoms with Crippen LogP contribution in [0.1, 0.15) is 22.5 Å². The van der Waals surface area contributed by atoms with Gasteiger partial charge in [0, 0.05) is 4.47 Å². The summed E-state index contributed by atoms with van der Waals surface area (Å²) in [4.78, 5) is 20.1. The minimum atomic E-state index is -0.295. The topological polar surface area (TPSA) is 100 Å². The molecule has 4 rings (SSSR count). The number of hydrogen-bond donors (Lipinski definition) is 2. The number of nitrogens with one attached hydrogen (secondary N) is 2. The lowest BCUT2D eigenvalue weighted by atomic mass is 10.1. The lowest BCUT2D eigenvalue weighted by Gasteiger charge is -2.13. The van der Waals surface area contributed by atoms with Crippen LogP contribution in [0.3, 0.4) is 0 Å². The second kappa shape index (κ2) is 10.5. The SMILES string of the molecule is COc1cc(C=C(C#N)c2nc3ccccc3[nH]2)ccc1OCC(=O)Nc1cc(C)c(C)cc1Br. The number of anilines is 1. The van der Waals surface area contributed by atoms with Gasteiger partial charge in [-0.3, -0.25) is 4.79 Å². The highest BCUT2D eigenvalue weighted by Crippen LogP contribution is 2.30. The molecule has 0 aliphatic rings. The zero-order valence-electron chi connectivity index (χ0n) is 19.5. The maximum Gasteiger partial charge on any atom is 0.262 e. The molecule has 0 saturated carbocycles. The standard InChI is InChI=1S/C27H23BrN4O3/c1-16-10-20(28)23(11-17(16)2)30-26(33)15-35-24-9-8-18(13-25(24)34-3)12-19(14-29)27-31-21-6-4-5-7-22(21)32-27/h4-13H,15H2,1-3H3,(H,30,33)(H,31,32). The van der Waals surface area contributed by atoms with E-state index in [1.807, 2.05) is 50.2 Å². The molecule has 1 aromatic heterocycles. The monoisotopic (exact) mass is 530 g/mol. The molecule has 0 aliphatic carbocycles. The first-order valence-corrected chi connectivity index (χ1v) is 11.6. The number of halogens is 1. The van der Waals surface area contributed by atoms with Gasteiger partial charge in [0.25, 0.3) is 5.91 Å². The first-order valence-electron chi connectivity index (χ1n) is 10.8. The smallest absolute Gasteiger partial charge is 0.262 e. The molecule has 0 fully saturated rings. The van der Waals surface area contributed by atoms with E-state index in [0.29, 0.717) is 28.6 Å². The Morgan fingerprint density at radius 3 is 2.66 bits per heavy atom. The number of allylic oxidation sites excluding steroid dienone is 1. The van der Waals surface area contributed by atoms with Crippen molar-refractivity contribution in [2.45, 2.75) is 13.8 Å². The molecule has 0 unspecified atom stereocenters. The molecule has 0 aliphatic heterocycles. The zero-order valence-corrected chi connectivity index (χ0v) is 21.1. The summed E-state index contributed by atoms with van der Waals surface area (Å²) in [6, 6.07) is 18.9. The van der Waals surface area contributed by atoms with Crippen molar-refractivity contribution >= 4 is 50.2 Å². The fraction of sp³-hybridized carbons (Fsp3) is 0.148. The van der Waals surface area contributed by atoms with Gasteiger partial charge in [0.2, 0.25) is 0 Å². The molecule has 8 heteroatoms. The van der Waals surface area contributed by atoms with Crippen molar-refractivity contribution in [1.29, 1.82) is 5.26 Å². The Morgan fingerprint density at radius 1 is 1.14 bits per heavy atom. The highest BCUT2D eigenvalue weighted by Gasteiger charge is 2.12. The fourth-order valence-corrected chi connectivity index (χ4v) is 4.06. The number of ether oxygens (including phenoxy) is 2. The van der Waals surface area contributed by atoms with Crippen LogP contribution in [0, 0.1) is 25.2 Å². The summed E-state index contributed by atoms with van der Waals surface area (Å²) in [6.45, 7) is 3.81. The molecule has 0 spiro atoms. The maximum atomic E-state index is 12.5. The van der Waals surface area contributed by atoms with Crippen LogP contribution < -0.4 is 14.8 Å². The summed E-state index contributed by atoms with van der Waals surface area (Å²) >= 11 is 3.48.